The van der Waals surface area contributed by atoms with Gasteiger partial charge in [0.1, 0.15) is 0 Å². The van der Waals surface area contributed by atoms with E-state index in [1.165, 1.54) is 19.3 Å². The zero-order valence-corrected chi connectivity index (χ0v) is 11.8. The van der Waals surface area contributed by atoms with E-state index in [0.29, 0.717) is 17.3 Å². The summed E-state index contributed by atoms with van der Waals surface area (Å²) in [5, 5.41) is 11.0. The molecule has 1 aliphatic rings. The van der Waals surface area contributed by atoms with Crippen LogP contribution in [0.3, 0.4) is 0 Å². The van der Waals surface area contributed by atoms with E-state index >= 15 is 0 Å². The van der Waals surface area contributed by atoms with Crippen LogP contribution in [0.5, 0.6) is 0 Å². The molecule has 0 radical (unpaired) electrons. The van der Waals surface area contributed by atoms with Crippen molar-refractivity contribution in [1.82, 2.24) is 0 Å². The van der Waals surface area contributed by atoms with E-state index in [9.17, 15) is 5.11 Å². The van der Waals surface area contributed by atoms with Gasteiger partial charge in [0.2, 0.25) is 0 Å². The molecule has 0 aromatic rings. The van der Waals surface area contributed by atoms with E-state index in [2.05, 4.69) is 34.6 Å². The molecule has 1 saturated carbocycles. The number of hydrogen-bond donors (Lipinski definition) is 1. The minimum absolute atomic E-state index is 0.303. The molecule has 0 spiro atoms. The van der Waals surface area contributed by atoms with Gasteiger partial charge in [-0.2, -0.15) is 0 Å². The molecule has 0 amide bonds. The Bertz CT molecular complexity index is 221. The summed E-state index contributed by atoms with van der Waals surface area (Å²) in [5.74, 6) is 1.14. The van der Waals surface area contributed by atoms with E-state index in [1.54, 1.807) is 0 Å². The second-order valence-electron chi connectivity index (χ2n) is 6.54. The largest absolute Gasteiger partial charge is 0.390 e. The van der Waals surface area contributed by atoms with Crippen molar-refractivity contribution in [3.8, 4) is 0 Å². The van der Waals surface area contributed by atoms with Crippen molar-refractivity contribution in [2.24, 2.45) is 17.3 Å². The molecular formula is C15H30O. The SMILES string of the molecule is CCCC(O)(CC)C1C(C)CCCC1(C)C. The van der Waals surface area contributed by atoms with Crippen molar-refractivity contribution in [2.75, 3.05) is 0 Å². The van der Waals surface area contributed by atoms with Gasteiger partial charge in [-0.1, -0.05) is 53.9 Å². The van der Waals surface area contributed by atoms with Crippen LogP contribution in [0.15, 0.2) is 0 Å². The Balaban J connectivity index is 2.95. The number of hydrogen-bond acceptors (Lipinski definition) is 1. The predicted octanol–water partition coefficient (Wildman–Crippen LogP) is 4.39. The summed E-state index contributed by atoms with van der Waals surface area (Å²) < 4.78 is 0. The van der Waals surface area contributed by atoms with Crippen LogP contribution in [0.4, 0.5) is 0 Å². The Hall–Kier alpha value is -0.0400. The van der Waals surface area contributed by atoms with Crippen molar-refractivity contribution in [3.63, 3.8) is 0 Å². The van der Waals surface area contributed by atoms with E-state index in [4.69, 9.17) is 0 Å². The van der Waals surface area contributed by atoms with Crippen molar-refractivity contribution >= 4 is 0 Å². The molecule has 3 atom stereocenters. The first-order valence-corrected chi connectivity index (χ1v) is 7.09. The Kier molecular flexibility index (Phi) is 4.45. The second kappa shape index (κ2) is 5.08. The van der Waals surface area contributed by atoms with Crippen LogP contribution in [-0.2, 0) is 0 Å². The Morgan fingerprint density at radius 1 is 1.31 bits per heavy atom. The maximum Gasteiger partial charge on any atom is 0.0680 e. The van der Waals surface area contributed by atoms with Gasteiger partial charge in [-0.3, -0.25) is 0 Å². The van der Waals surface area contributed by atoms with Gasteiger partial charge in [0.15, 0.2) is 0 Å². The summed E-state index contributed by atoms with van der Waals surface area (Å²) >= 11 is 0. The third-order valence-corrected chi connectivity index (χ3v) is 4.77. The van der Waals surface area contributed by atoms with Gasteiger partial charge in [0.05, 0.1) is 5.60 Å². The molecule has 0 aromatic carbocycles. The van der Waals surface area contributed by atoms with Crippen LogP contribution in [0, 0.1) is 17.3 Å². The summed E-state index contributed by atoms with van der Waals surface area (Å²) in [5.41, 5.74) is -0.129. The molecule has 1 fully saturated rings. The smallest absolute Gasteiger partial charge is 0.0680 e. The molecule has 0 aromatic heterocycles. The van der Waals surface area contributed by atoms with E-state index in [0.717, 1.165) is 19.3 Å². The average Bonchev–Trinajstić information content (AvgIpc) is 2.16. The van der Waals surface area contributed by atoms with Crippen LogP contribution >= 0.6 is 0 Å². The van der Waals surface area contributed by atoms with Crippen molar-refractivity contribution in [2.45, 2.75) is 78.7 Å². The maximum atomic E-state index is 11.0. The molecule has 1 rings (SSSR count). The molecule has 16 heavy (non-hydrogen) atoms. The highest BCUT2D eigenvalue weighted by Crippen LogP contribution is 2.51. The fourth-order valence-electron chi connectivity index (χ4n) is 4.21. The van der Waals surface area contributed by atoms with Gasteiger partial charge in [-0.25, -0.2) is 0 Å². The fourth-order valence-corrected chi connectivity index (χ4v) is 4.21. The zero-order valence-electron chi connectivity index (χ0n) is 11.8. The molecule has 96 valence electrons. The van der Waals surface area contributed by atoms with Gasteiger partial charge in [-0.15, -0.1) is 0 Å². The van der Waals surface area contributed by atoms with Gasteiger partial charge in [0, 0.05) is 0 Å². The summed E-state index contributed by atoms with van der Waals surface area (Å²) in [6, 6.07) is 0. The maximum absolute atomic E-state index is 11.0. The average molecular weight is 226 g/mol. The van der Waals surface area contributed by atoms with Gasteiger partial charge in [0.25, 0.3) is 0 Å². The first-order chi connectivity index (χ1) is 7.37. The summed E-state index contributed by atoms with van der Waals surface area (Å²) in [4.78, 5) is 0. The van der Waals surface area contributed by atoms with Crippen LogP contribution in [-0.4, -0.2) is 10.7 Å². The molecule has 1 heteroatoms. The van der Waals surface area contributed by atoms with Crippen LogP contribution in [0.2, 0.25) is 0 Å². The number of aliphatic hydroxyl groups is 1. The summed E-state index contributed by atoms with van der Waals surface area (Å²) in [6.07, 6.45) is 6.84. The molecule has 0 heterocycles. The molecule has 3 unspecified atom stereocenters. The second-order valence-corrected chi connectivity index (χ2v) is 6.54. The normalized spacial score (nSPS) is 33.4. The lowest BCUT2D eigenvalue weighted by Gasteiger charge is -2.51. The van der Waals surface area contributed by atoms with Crippen molar-refractivity contribution < 1.29 is 5.11 Å². The first kappa shape index (κ1) is 14.0. The molecule has 0 bridgehead atoms. The Morgan fingerprint density at radius 2 is 1.94 bits per heavy atom. The van der Waals surface area contributed by atoms with Gasteiger partial charge in [-0.05, 0) is 36.5 Å². The number of rotatable bonds is 4. The van der Waals surface area contributed by atoms with E-state index in [-0.39, 0.29) is 0 Å². The minimum Gasteiger partial charge on any atom is -0.390 e. The van der Waals surface area contributed by atoms with E-state index in [1.807, 2.05) is 0 Å². The monoisotopic (exact) mass is 226 g/mol. The lowest BCUT2D eigenvalue weighted by atomic mass is 9.56. The highest BCUT2D eigenvalue weighted by Gasteiger charge is 2.47. The lowest BCUT2D eigenvalue weighted by Crippen LogP contribution is -2.50. The third kappa shape index (κ3) is 2.61. The molecular weight excluding hydrogens is 196 g/mol. The van der Waals surface area contributed by atoms with Crippen LogP contribution in [0.1, 0.15) is 73.1 Å². The molecule has 1 aliphatic carbocycles. The quantitative estimate of drug-likeness (QED) is 0.753. The zero-order chi connectivity index (χ0) is 12.4. The fraction of sp³-hybridized carbons (Fsp3) is 1.00. The lowest BCUT2D eigenvalue weighted by molar-refractivity contribution is -0.115. The van der Waals surface area contributed by atoms with E-state index < -0.39 is 5.60 Å². The molecule has 1 nitrogen and oxygen atoms in total. The molecule has 0 aliphatic heterocycles. The molecule has 1 N–H and O–H groups in total. The Labute approximate surface area is 102 Å². The van der Waals surface area contributed by atoms with Crippen LogP contribution in [0.25, 0.3) is 0 Å². The topological polar surface area (TPSA) is 20.2 Å². The Morgan fingerprint density at radius 3 is 2.38 bits per heavy atom. The predicted molar refractivity (Wildman–Crippen MR) is 70.4 cm³/mol. The minimum atomic E-state index is -0.432. The standard InChI is InChI=1S/C15H30O/c1-6-10-15(16,7-2)13-12(3)9-8-11-14(13,4)5/h12-13,16H,6-11H2,1-5H3. The summed E-state index contributed by atoms with van der Waals surface area (Å²) in [6.45, 7) is 11.4. The van der Waals surface area contributed by atoms with Gasteiger partial charge < -0.3 is 5.11 Å². The van der Waals surface area contributed by atoms with Crippen molar-refractivity contribution in [3.05, 3.63) is 0 Å². The highest BCUT2D eigenvalue weighted by molar-refractivity contribution is 4.98. The van der Waals surface area contributed by atoms with Crippen molar-refractivity contribution in [1.29, 1.82) is 0 Å². The third-order valence-electron chi connectivity index (χ3n) is 4.77. The van der Waals surface area contributed by atoms with Crippen LogP contribution < -0.4 is 0 Å². The molecule has 0 saturated heterocycles. The highest BCUT2D eigenvalue weighted by atomic mass is 16.3. The van der Waals surface area contributed by atoms with Gasteiger partial charge >= 0.3 is 0 Å². The summed E-state index contributed by atoms with van der Waals surface area (Å²) in [7, 11) is 0. The first-order valence-electron chi connectivity index (χ1n) is 7.09.